The van der Waals surface area contributed by atoms with Crippen molar-refractivity contribution in [2.24, 2.45) is 17.8 Å². The number of aliphatic hydroxyl groups is 2. The SMILES string of the molecule is CC(C)C[C@H](O)[C@H](O)[C@H](CC1CCCCC1)NC(=O)[C@H](CC(=O)N(CC(=O)N(C)C)[C@@H](C)c1ccccc1)Cc1cccs1. The third-order valence-corrected chi connectivity index (χ3v) is 9.75. The number of aliphatic hydroxyl groups excluding tert-OH is 2. The second-order valence-electron chi connectivity index (χ2n) is 13.1. The molecule has 3 N–H and O–H groups in total. The summed E-state index contributed by atoms with van der Waals surface area (Å²) in [7, 11) is 3.33. The van der Waals surface area contributed by atoms with E-state index in [0.29, 0.717) is 25.2 Å². The van der Waals surface area contributed by atoms with Gasteiger partial charge in [0.2, 0.25) is 17.7 Å². The maximum atomic E-state index is 14.1. The van der Waals surface area contributed by atoms with Crippen LogP contribution >= 0.6 is 11.3 Å². The first-order chi connectivity index (χ1) is 21.0. The first-order valence-corrected chi connectivity index (χ1v) is 17.1. The summed E-state index contributed by atoms with van der Waals surface area (Å²) in [5.41, 5.74) is 0.904. The molecular formula is C35H53N3O5S. The predicted molar refractivity (Wildman–Crippen MR) is 176 cm³/mol. The Bertz CT molecular complexity index is 1150. The number of nitrogens with zero attached hydrogens (tertiary/aromatic N) is 2. The minimum atomic E-state index is -1.10. The van der Waals surface area contributed by atoms with Crippen LogP contribution in [0.4, 0.5) is 0 Å². The van der Waals surface area contributed by atoms with Crippen LogP contribution in [0, 0.1) is 17.8 Å². The molecule has 0 bridgehead atoms. The Morgan fingerprint density at radius 1 is 0.955 bits per heavy atom. The Morgan fingerprint density at radius 2 is 1.64 bits per heavy atom. The van der Waals surface area contributed by atoms with Gasteiger partial charge in [-0.05, 0) is 55.0 Å². The average Bonchev–Trinajstić information content (AvgIpc) is 3.52. The van der Waals surface area contributed by atoms with Crippen molar-refractivity contribution in [3.63, 3.8) is 0 Å². The van der Waals surface area contributed by atoms with Crippen molar-refractivity contribution in [3.05, 3.63) is 58.3 Å². The highest BCUT2D eigenvalue weighted by Crippen LogP contribution is 2.30. The molecule has 1 aromatic carbocycles. The fraction of sp³-hybridized carbons (Fsp3) is 0.629. The van der Waals surface area contributed by atoms with Gasteiger partial charge >= 0.3 is 0 Å². The molecule has 0 aliphatic heterocycles. The van der Waals surface area contributed by atoms with Crippen molar-refractivity contribution in [1.29, 1.82) is 0 Å². The molecule has 5 atom stereocenters. The van der Waals surface area contributed by atoms with E-state index in [-0.39, 0.29) is 42.6 Å². The van der Waals surface area contributed by atoms with Gasteiger partial charge in [-0.2, -0.15) is 0 Å². The maximum absolute atomic E-state index is 14.1. The van der Waals surface area contributed by atoms with Crippen LogP contribution in [0.15, 0.2) is 47.8 Å². The number of thiophene rings is 1. The number of carbonyl (C=O) groups excluding carboxylic acids is 3. The van der Waals surface area contributed by atoms with E-state index < -0.39 is 24.2 Å². The fourth-order valence-electron chi connectivity index (χ4n) is 6.15. The van der Waals surface area contributed by atoms with Gasteiger partial charge in [0.05, 0.1) is 24.1 Å². The molecule has 0 unspecified atom stereocenters. The molecule has 3 amide bonds. The van der Waals surface area contributed by atoms with Crippen molar-refractivity contribution in [2.75, 3.05) is 20.6 Å². The molecule has 0 spiro atoms. The zero-order chi connectivity index (χ0) is 32.2. The second kappa shape index (κ2) is 17.7. The number of amides is 3. The Balaban J connectivity index is 1.86. The number of likely N-dealkylation sites (N-methyl/N-ethyl adjacent to an activating group) is 1. The van der Waals surface area contributed by atoms with E-state index in [4.69, 9.17) is 0 Å². The van der Waals surface area contributed by atoms with Gasteiger partial charge in [-0.3, -0.25) is 14.4 Å². The predicted octanol–water partition coefficient (Wildman–Crippen LogP) is 5.20. The zero-order valence-electron chi connectivity index (χ0n) is 27.2. The fourth-order valence-corrected chi connectivity index (χ4v) is 6.94. The quantitative estimate of drug-likeness (QED) is 0.237. The van der Waals surface area contributed by atoms with E-state index in [0.717, 1.165) is 36.1 Å². The highest BCUT2D eigenvalue weighted by Gasteiger charge is 2.35. The summed E-state index contributed by atoms with van der Waals surface area (Å²) in [6.07, 6.45) is 4.80. The smallest absolute Gasteiger partial charge is 0.241 e. The lowest BCUT2D eigenvalue weighted by Crippen LogP contribution is -2.52. The molecule has 3 rings (SSSR count). The van der Waals surface area contributed by atoms with Gasteiger partial charge < -0.3 is 25.3 Å². The first kappa shape index (κ1) is 35.7. The number of benzene rings is 1. The normalized spacial score (nSPS) is 17.4. The molecule has 9 heteroatoms. The van der Waals surface area contributed by atoms with Gasteiger partial charge in [0, 0.05) is 25.4 Å². The maximum Gasteiger partial charge on any atom is 0.241 e. The summed E-state index contributed by atoms with van der Waals surface area (Å²) >= 11 is 1.53. The van der Waals surface area contributed by atoms with Crippen molar-refractivity contribution in [3.8, 4) is 0 Å². The molecule has 1 saturated carbocycles. The van der Waals surface area contributed by atoms with Crippen LogP contribution < -0.4 is 5.32 Å². The average molecular weight is 628 g/mol. The van der Waals surface area contributed by atoms with Crippen LogP contribution in [-0.4, -0.2) is 76.6 Å². The molecule has 2 aromatic rings. The molecule has 8 nitrogen and oxygen atoms in total. The van der Waals surface area contributed by atoms with Crippen LogP contribution in [0.3, 0.4) is 0 Å². The van der Waals surface area contributed by atoms with Gasteiger partial charge in [-0.15, -0.1) is 11.3 Å². The lowest BCUT2D eigenvalue weighted by atomic mass is 9.82. The summed E-state index contributed by atoms with van der Waals surface area (Å²) < 4.78 is 0. The number of hydrogen-bond donors (Lipinski definition) is 3. The Labute approximate surface area is 267 Å². The van der Waals surface area contributed by atoms with Crippen LogP contribution in [-0.2, 0) is 20.8 Å². The van der Waals surface area contributed by atoms with Gasteiger partial charge in [-0.1, -0.05) is 82.3 Å². The van der Waals surface area contributed by atoms with Crippen molar-refractivity contribution in [1.82, 2.24) is 15.1 Å². The molecule has 1 aliphatic carbocycles. The van der Waals surface area contributed by atoms with Gasteiger partial charge in [-0.25, -0.2) is 0 Å². The van der Waals surface area contributed by atoms with E-state index in [9.17, 15) is 24.6 Å². The van der Waals surface area contributed by atoms with Gasteiger partial charge in [0.25, 0.3) is 0 Å². The number of rotatable bonds is 16. The lowest BCUT2D eigenvalue weighted by molar-refractivity contribution is -0.143. The van der Waals surface area contributed by atoms with Crippen LogP contribution in [0.1, 0.15) is 88.6 Å². The third kappa shape index (κ3) is 11.0. The number of carbonyl (C=O) groups is 3. The third-order valence-electron chi connectivity index (χ3n) is 8.85. The first-order valence-electron chi connectivity index (χ1n) is 16.2. The molecule has 0 radical (unpaired) electrons. The largest absolute Gasteiger partial charge is 0.390 e. The standard InChI is InChI=1S/C35H53N3O5S/c1-24(2)19-31(39)34(42)30(20-26-13-8-6-9-14-26)36-35(43)28(21-29-17-12-18-44-29)22-32(40)38(23-33(41)37(4)5)25(3)27-15-10-7-11-16-27/h7,10-12,15-18,24-26,28,30-31,34,39,42H,6,8-9,13-14,19-23H2,1-5H3,(H,36,43)/t25-,28-,30-,31-,34+/m0/s1. The highest BCUT2D eigenvalue weighted by molar-refractivity contribution is 7.09. The van der Waals surface area contributed by atoms with Gasteiger partial charge in [0.1, 0.15) is 12.6 Å². The summed E-state index contributed by atoms with van der Waals surface area (Å²) in [6.45, 7) is 5.80. The van der Waals surface area contributed by atoms with Crippen LogP contribution in [0.2, 0.25) is 0 Å². The topological polar surface area (TPSA) is 110 Å². The van der Waals surface area contributed by atoms with Crippen LogP contribution in [0.25, 0.3) is 0 Å². The van der Waals surface area contributed by atoms with E-state index >= 15 is 0 Å². The van der Waals surface area contributed by atoms with E-state index in [1.807, 2.05) is 68.6 Å². The van der Waals surface area contributed by atoms with E-state index in [1.54, 1.807) is 19.0 Å². The monoisotopic (exact) mass is 627 g/mol. The summed E-state index contributed by atoms with van der Waals surface area (Å²) in [5, 5.41) is 27.2. The molecule has 44 heavy (non-hydrogen) atoms. The second-order valence-corrected chi connectivity index (χ2v) is 14.2. The van der Waals surface area contributed by atoms with Crippen molar-refractivity contribution in [2.45, 2.75) is 103 Å². The molecule has 1 heterocycles. The molecule has 1 aliphatic rings. The number of hydrogen-bond acceptors (Lipinski definition) is 6. The minimum Gasteiger partial charge on any atom is -0.390 e. The summed E-state index contributed by atoms with van der Waals surface area (Å²) in [5.74, 6) is -0.935. The Morgan fingerprint density at radius 3 is 2.23 bits per heavy atom. The Hall–Kier alpha value is -2.75. The van der Waals surface area contributed by atoms with Crippen molar-refractivity contribution >= 4 is 29.1 Å². The van der Waals surface area contributed by atoms with E-state index in [2.05, 4.69) is 5.32 Å². The van der Waals surface area contributed by atoms with Crippen LogP contribution in [0.5, 0.6) is 0 Å². The number of nitrogens with one attached hydrogen (secondary N) is 1. The zero-order valence-corrected chi connectivity index (χ0v) is 28.0. The molecular weight excluding hydrogens is 574 g/mol. The van der Waals surface area contributed by atoms with Gasteiger partial charge in [0.15, 0.2) is 0 Å². The molecule has 0 saturated heterocycles. The minimum absolute atomic E-state index is 0.0809. The highest BCUT2D eigenvalue weighted by atomic mass is 32.1. The van der Waals surface area contributed by atoms with Crippen molar-refractivity contribution < 1.29 is 24.6 Å². The summed E-state index contributed by atoms with van der Waals surface area (Å²) in [6, 6.07) is 12.5. The Kier molecular flexibility index (Phi) is 14.3. The molecule has 1 fully saturated rings. The summed E-state index contributed by atoms with van der Waals surface area (Å²) in [4.78, 5) is 44.9. The molecule has 244 valence electrons. The molecule has 1 aromatic heterocycles. The lowest BCUT2D eigenvalue weighted by Gasteiger charge is -2.34. The van der Waals surface area contributed by atoms with E-state index in [1.165, 1.54) is 22.7 Å².